The third-order valence-corrected chi connectivity index (χ3v) is 5.87. The maximum absolute atomic E-state index is 12.8. The van der Waals surface area contributed by atoms with E-state index in [2.05, 4.69) is 28.8 Å². The number of ether oxygens (including phenoxy) is 1. The van der Waals surface area contributed by atoms with Gasteiger partial charge in [-0.15, -0.1) is 11.3 Å². The molecule has 6 nitrogen and oxygen atoms in total. The number of benzene rings is 1. The van der Waals surface area contributed by atoms with Gasteiger partial charge < -0.3 is 10.1 Å². The van der Waals surface area contributed by atoms with Crippen LogP contribution in [0.3, 0.4) is 0 Å². The SMILES string of the molecule is Cc1ccccc1C(=O)Nc1sc2c(c1C(=O)OC=O)CCN(CC(C)C)C2. The number of hydrogen-bond acceptors (Lipinski definition) is 6. The molecule has 1 aromatic heterocycles. The standard InChI is InChI=1S/C21H24N2O4S/c1-13(2)10-23-9-8-16-17(11-23)28-20(18(16)21(26)27-12-24)22-19(25)15-7-5-4-6-14(15)3/h4-7,12-13H,8-11H2,1-3H3,(H,22,25). The van der Waals surface area contributed by atoms with Gasteiger partial charge in [0.25, 0.3) is 5.91 Å². The second-order valence-electron chi connectivity index (χ2n) is 7.36. The summed E-state index contributed by atoms with van der Waals surface area (Å²) >= 11 is 1.39. The van der Waals surface area contributed by atoms with Crippen molar-refractivity contribution >= 4 is 34.7 Å². The monoisotopic (exact) mass is 400 g/mol. The first-order valence-electron chi connectivity index (χ1n) is 9.29. The molecule has 3 rings (SSSR count). The number of carbonyl (C=O) groups is 3. The molecule has 0 bridgehead atoms. The molecule has 1 amide bonds. The van der Waals surface area contributed by atoms with Gasteiger partial charge in [0.2, 0.25) is 0 Å². The summed E-state index contributed by atoms with van der Waals surface area (Å²) in [5.41, 5.74) is 2.57. The van der Waals surface area contributed by atoms with Gasteiger partial charge in [0.1, 0.15) is 5.00 Å². The number of thiophene rings is 1. The summed E-state index contributed by atoms with van der Waals surface area (Å²) in [5, 5.41) is 3.31. The van der Waals surface area contributed by atoms with Crippen LogP contribution in [0.15, 0.2) is 24.3 Å². The molecule has 0 fully saturated rings. The molecule has 0 unspecified atom stereocenters. The van der Waals surface area contributed by atoms with Gasteiger partial charge in [-0.1, -0.05) is 32.0 Å². The Labute approximate surface area is 168 Å². The number of esters is 1. The fraction of sp³-hybridized carbons (Fsp3) is 0.381. The first kappa shape index (κ1) is 20.2. The Morgan fingerprint density at radius 3 is 2.75 bits per heavy atom. The molecule has 1 N–H and O–H groups in total. The number of nitrogens with one attached hydrogen (secondary N) is 1. The van der Waals surface area contributed by atoms with E-state index < -0.39 is 5.97 Å². The summed E-state index contributed by atoms with van der Waals surface area (Å²) < 4.78 is 4.62. The van der Waals surface area contributed by atoms with Crippen molar-refractivity contribution in [3.63, 3.8) is 0 Å². The molecule has 2 heterocycles. The lowest BCUT2D eigenvalue weighted by Crippen LogP contribution is -2.33. The fourth-order valence-corrected chi connectivity index (χ4v) is 4.81. The van der Waals surface area contributed by atoms with E-state index in [9.17, 15) is 14.4 Å². The number of fused-ring (bicyclic) bond motifs is 1. The van der Waals surface area contributed by atoms with E-state index in [1.54, 1.807) is 12.1 Å². The van der Waals surface area contributed by atoms with E-state index >= 15 is 0 Å². The molecule has 1 aliphatic heterocycles. The van der Waals surface area contributed by atoms with Crippen LogP contribution in [0.1, 0.15) is 50.6 Å². The minimum atomic E-state index is -0.718. The van der Waals surface area contributed by atoms with E-state index in [-0.39, 0.29) is 12.4 Å². The maximum Gasteiger partial charge on any atom is 0.348 e. The summed E-state index contributed by atoms with van der Waals surface area (Å²) in [6.45, 7) is 8.85. The summed E-state index contributed by atoms with van der Waals surface area (Å²) in [6, 6.07) is 7.27. The third-order valence-electron chi connectivity index (χ3n) is 4.74. The second-order valence-corrected chi connectivity index (χ2v) is 8.46. The number of hydrogen-bond donors (Lipinski definition) is 1. The molecule has 28 heavy (non-hydrogen) atoms. The van der Waals surface area contributed by atoms with E-state index in [0.717, 1.165) is 35.6 Å². The Hall–Kier alpha value is -2.51. The van der Waals surface area contributed by atoms with Crippen LogP contribution >= 0.6 is 11.3 Å². The number of anilines is 1. The zero-order valence-electron chi connectivity index (χ0n) is 16.3. The molecule has 148 valence electrons. The minimum absolute atomic E-state index is 0.132. The van der Waals surface area contributed by atoms with Crippen LogP contribution in [-0.4, -0.2) is 36.3 Å². The van der Waals surface area contributed by atoms with Crippen LogP contribution in [-0.2, 0) is 22.5 Å². The van der Waals surface area contributed by atoms with E-state index in [1.165, 1.54) is 11.3 Å². The quantitative estimate of drug-likeness (QED) is 0.455. The highest BCUT2D eigenvalue weighted by molar-refractivity contribution is 7.17. The van der Waals surface area contributed by atoms with Crippen molar-refractivity contribution in [2.75, 3.05) is 18.4 Å². The Morgan fingerprint density at radius 1 is 1.32 bits per heavy atom. The molecular formula is C21H24N2O4S. The lowest BCUT2D eigenvalue weighted by atomic mass is 10.0. The average Bonchev–Trinajstić information content (AvgIpc) is 2.98. The maximum atomic E-state index is 12.8. The minimum Gasteiger partial charge on any atom is -0.392 e. The Balaban J connectivity index is 1.93. The Kier molecular flexibility index (Phi) is 6.26. The van der Waals surface area contributed by atoms with Crippen LogP contribution < -0.4 is 5.32 Å². The topological polar surface area (TPSA) is 75.7 Å². The van der Waals surface area contributed by atoms with Gasteiger partial charge in [-0.2, -0.15) is 0 Å². The van der Waals surface area contributed by atoms with Gasteiger partial charge in [0, 0.05) is 30.1 Å². The third kappa shape index (κ3) is 4.31. The van der Waals surface area contributed by atoms with Gasteiger partial charge in [-0.3, -0.25) is 14.5 Å². The highest BCUT2D eigenvalue weighted by atomic mass is 32.1. The van der Waals surface area contributed by atoms with Gasteiger partial charge in [-0.25, -0.2) is 4.79 Å². The zero-order valence-corrected chi connectivity index (χ0v) is 17.1. The Morgan fingerprint density at radius 2 is 2.07 bits per heavy atom. The van der Waals surface area contributed by atoms with Crippen molar-refractivity contribution < 1.29 is 19.1 Å². The fourth-order valence-electron chi connectivity index (χ4n) is 3.53. The molecular weight excluding hydrogens is 376 g/mol. The summed E-state index contributed by atoms with van der Waals surface area (Å²) in [7, 11) is 0. The predicted molar refractivity (Wildman–Crippen MR) is 109 cm³/mol. The van der Waals surface area contributed by atoms with Crippen LogP contribution in [0.25, 0.3) is 0 Å². The van der Waals surface area contributed by atoms with Crippen molar-refractivity contribution in [1.82, 2.24) is 4.90 Å². The number of aryl methyl sites for hydroxylation is 1. The van der Waals surface area contributed by atoms with Crippen molar-refractivity contribution in [2.45, 2.75) is 33.7 Å². The van der Waals surface area contributed by atoms with Crippen LogP contribution in [0.4, 0.5) is 5.00 Å². The molecule has 0 saturated carbocycles. The molecule has 0 atom stereocenters. The predicted octanol–water partition coefficient (Wildman–Crippen LogP) is 3.64. The number of carbonyl (C=O) groups excluding carboxylic acids is 3. The van der Waals surface area contributed by atoms with Crippen LogP contribution in [0.2, 0.25) is 0 Å². The van der Waals surface area contributed by atoms with Gasteiger partial charge in [0.15, 0.2) is 0 Å². The average molecular weight is 401 g/mol. The highest BCUT2D eigenvalue weighted by Crippen LogP contribution is 2.38. The summed E-state index contributed by atoms with van der Waals surface area (Å²) in [6.07, 6.45) is 0.683. The summed E-state index contributed by atoms with van der Waals surface area (Å²) in [4.78, 5) is 39.3. The second kappa shape index (κ2) is 8.67. The van der Waals surface area contributed by atoms with Crippen molar-refractivity contribution in [3.05, 3.63) is 51.4 Å². The molecule has 1 aromatic carbocycles. The molecule has 0 aliphatic carbocycles. The smallest absolute Gasteiger partial charge is 0.348 e. The molecule has 0 radical (unpaired) electrons. The highest BCUT2D eigenvalue weighted by Gasteiger charge is 2.30. The number of nitrogens with zero attached hydrogens (tertiary/aromatic N) is 1. The van der Waals surface area contributed by atoms with Crippen molar-refractivity contribution in [2.24, 2.45) is 5.92 Å². The molecule has 7 heteroatoms. The lowest BCUT2D eigenvalue weighted by molar-refractivity contribution is -0.123. The molecule has 1 aliphatic rings. The normalized spacial score (nSPS) is 13.9. The first-order chi connectivity index (χ1) is 13.4. The summed E-state index contributed by atoms with van der Waals surface area (Å²) in [5.74, 6) is -0.456. The zero-order chi connectivity index (χ0) is 20.3. The molecule has 0 saturated heterocycles. The number of amides is 1. The van der Waals surface area contributed by atoms with E-state index in [1.807, 2.05) is 19.1 Å². The largest absolute Gasteiger partial charge is 0.392 e. The van der Waals surface area contributed by atoms with E-state index in [0.29, 0.717) is 28.5 Å². The van der Waals surface area contributed by atoms with Gasteiger partial charge >= 0.3 is 12.4 Å². The van der Waals surface area contributed by atoms with Gasteiger partial charge in [-0.05, 0) is 36.5 Å². The number of rotatable bonds is 6. The van der Waals surface area contributed by atoms with Crippen molar-refractivity contribution in [3.8, 4) is 0 Å². The van der Waals surface area contributed by atoms with Crippen molar-refractivity contribution in [1.29, 1.82) is 0 Å². The van der Waals surface area contributed by atoms with Gasteiger partial charge in [0.05, 0.1) is 5.56 Å². The van der Waals surface area contributed by atoms with Crippen LogP contribution in [0.5, 0.6) is 0 Å². The lowest BCUT2D eigenvalue weighted by Gasteiger charge is -2.28. The molecule has 2 aromatic rings. The Bertz CT molecular complexity index is 904. The molecule has 0 spiro atoms. The van der Waals surface area contributed by atoms with E-state index in [4.69, 9.17) is 0 Å². The first-order valence-corrected chi connectivity index (χ1v) is 10.1. The van der Waals surface area contributed by atoms with Crippen LogP contribution in [0, 0.1) is 12.8 Å².